The summed E-state index contributed by atoms with van der Waals surface area (Å²) in [5.74, 6) is 0.287. The minimum atomic E-state index is -0.916. The van der Waals surface area contributed by atoms with Crippen molar-refractivity contribution >= 4 is 12.0 Å². The number of nitrogens with zero attached hydrogens (tertiary/aromatic N) is 2. The first-order valence-electron chi connectivity index (χ1n) is 7.54. The number of carboxylic acid groups (broad SMARTS) is 1. The quantitative estimate of drug-likeness (QED) is 0.794. The van der Waals surface area contributed by atoms with Crippen LogP contribution in [0.25, 0.3) is 0 Å². The van der Waals surface area contributed by atoms with Crippen molar-refractivity contribution < 1.29 is 14.7 Å². The number of hydrogen-bond donors (Lipinski definition) is 2. The van der Waals surface area contributed by atoms with Crippen LogP contribution >= 0.6 is 0 Å². The molecule has 1 saturated heterocycles. The predicted molar refractivity (Wildman–Crippen MR) is 75.3 cm³/mol. The summed E-state index contributed by atoms with van der Waals surface area (Å²) >= 11 is 0. The first-order valence-corrected chi connectivity index (χ1v) is 7.54. The summed E-state index contributed by atoms with van der Waals surface area (Å²) in [4.78, 5) is 26.6. The summed E-state index contributed by atoms with van der Waals surface area (Å²) in [5, 5.41) is 8.99. The summed E-state index contributed by atoms with van der Waals surface area (Å²) in [6.07, 6.45) is 4.72. The van der Waals surface area contributed by atoms with Crippen LogP contribution in [0.2, 0.25) is 0 Å². The Labute approximate surface area is 119 Å². The lowest BCUT2D eigenvalue weighted by Gasteiger charge is -2.41. The third kappa shape index (κ3) is 3.23. The number of nitrogens with two attached hydrogens (primary N) is 1. The molecule has 0 unspecified atom stereocenters. The first kappa shape index (κ1) is 15.1. The van der Waals surface area contributed by atoms with Gasteiger partial charge < -0.3 is 20.6 Å². The van der Waals surface area contributed by atoms with Gasteiger partial charge in [0, 0.05) is 25.7 Å². The van der Waals surface area contributed by atoms with E-state index in [2.05, 4.69) is 0 Å². The number of amides is 2. The van der Waals surface area contributed by atoms with Crippen molar-refractivity contribution in [1.29, 1.82) is 0 Å². The monoisotopic (exact) mass is 283 g/mol. The normalized spacial score (nSPS) is 26.4. The Morgan fingerprint density at radius 1 is 1.20 bits per heavy atom. The minimum Gasteiger partial charge on any atom is -0.465 e. The predicted octanol–water partition coefficient (Wildman–Crippen LogP) is 1.10. The van der Waals surface area contributed by atoms with E-state index in [4.69, 9.17) is 10.8 Å². The van der Waals surface area contributed by atoms with Crippen LogP contribution in [0.5, 0.6) is 0 Å². The molecule has 3 N–H and O–H groups in total. The highest BCUT2D eigenvalue weighted by Crippen LogP contribution is 2.27. The zero-order valence-corrected chi connectivity index (χ0v) is 12.1. The van der Waals surface area contributed by atoms with Gasteiger partial charge in [0.25, 0.3) is 0 Å². The van der Waals surface area contributed by atoms with Crippen molar-refractivity contribution in [2.24, 2.45) is 11.7 Å². The van der Waals surface area contributed by atoms with Gasteiger partial charge in [-0.15, -0.1) is 0 Å². The molecule has 2 rings (SSSR count). The number of hydrogen-bond acceptors (Lipinski definition) is 3. The topological polar surface area (TPSA) is 86.9 Å². The van der Waals surface area contributed by atoms with E-state index in [1.165, 1.54) is 11.3 Å². The van der Waals surface area contributed by atoms with Crippen LogP contribution in [0.15, 0.2) is 0 Å². The molecule has 2 aliphatic rings. The van der Waals surface area contributed by atoms with Gasteiger partial charge in [-0.1, -0.05) is 19.3 Å². The average molecular weight is 283 g/mol. The zero-order valence-electron chi connectivity index (χ0n) is 12.1. The lowest BCUT2D eigenvalue weighted by atomic mass is 9.83. The second kappa shape index (κ2) is 6.43. The highest BCUT2D eigenvalue weighted by molar-refractivity contribution is 5.82. The van der Waals surface area contributed by atoms with Crippen LogP contribution in [0, 0.1) is 5.92 Å². The zero-order chi connectivity index (χ0) is 14.7. The van der Waals surface area contributed by atoms with Gasteiger partial charge in [-0.2, -0.15) is 0 Å². The molecule has 6 nitrogen and oxygen atoms in total. The van der Waals surface area contributed by atoms with E-state index in [0.29, 0.717) is 25.6 Å². The molecule has 0 aromatic carbocycles. The van der Waals surface area contributed by atoms with Crippen LogP contribution in [0.4, 0.5) is 4.79 Å². The fraction of sp³-hybridized carbons (Fsp3) is 0.857. The maximum absolute atomic E-state index is 12.5. The SMILES string of the molecule is C[C@@H]1CN(C(=O)O)CCN1C(=O)[C@@H](N)C1CCCCC1. The molecular formula is C14H25N3O3. The minimum absolute atomic E-state index is 0.00515. The third-order valence-corrected chi connectivity index (χ3v) is 4.62. The lowest BCUT2D eigenvalue weighted by Crippen LogP contribution is -2.59. The molecule has 1 heterocycles. The number of carbonyl (C=O) groups excluding carboxylic acids is 1. The van der Waals surface area contributed by atoms with E-state index < -0.39 is 12.1 Å². The molecule has 20 heavy (non-hydrogen) atoms. The van der Waals surface area contributed by atoms with Crippen LogP contribution in [0.1, 0.15) is 39.0 Å². The second-order valence-electron chi connectivity index (χ2n) is 6.03. The van der Waals surface area contributed by atoms with Crippen LogP contribution in [-0.4, -0.2) is 58.6 Å². The van der Waals surface area contributed by atoms with E-state index in [-0.39, 0.29) is 11.9 Å². The standard InChI is InChI=1S/C14H25N3O3/c1-10-9-16(14(19)20)7-8-17(10)13(18)12(15)11-5-3-2-4-6-11/h10-12H,2-9,15H2,1H3,(H,19,20)/t10-,12+/m1/s1. The molecule has 2 fully saturated rings. The second-order valence-corrected chi connectivity index (χ2v) is 6.03. The largest absolute Gasteiger partial charge is 0.465 e. The summed E-state index contributed by atoms with van der Waals surface area (Å²) in [6, 6.07) is -0.517. The first-order chi connectivity index (χ1) is 9.50. The maximum atomic E-state index is 12.5. The van der Waals surface area contributed by atoms with Crippen molar-refractivity contribution in [2.75, 3.05) is 19.6 Å². The number of carbonyl (C=O) groups is 2. The van der Waals surface area contributed by atoms with Gasteiger partial charge in [0.05, 0.1) is 6.04 Å². The van der Waals surface area contributed by atoms with Crippen molar-refractivity contribution in [1.82, 2.24) is 9.80 Å². The molecule has 6 heteroatoms. The van der Waals surface area contributed by atoms with E-state index in [9.17, 15) is 9.59 Å². The third-order valence-electron chi connectivity index (χ3n) is 4.62. The van der Waals surface area contributed by atoms with Crippen molar-refractivity contribution in [3.05, 3.63) is 0 Å². The molecule has 1 aliphatic heterocycles. The van der Waals surface area contributed by atoms with Crippen LogP contribution < -0.4 is 5.73 Å². The summed E-state index contributed by atoms with van der Waals surface area (Å²) in [5.41, 5.74) is 6.16. The number of piperazine rings is 1. The Morgan fingerprint density at radius 2 is 1.85 bits per heavy atom. The van der Waals surface area contributed by atoms with Crippen molar-refractivity contribution in [2.45, 2.75) is 51.1 Å². The Kier molecular flexibility index (Phi) is 4.86. The number of rotatable bonds is 2. The van der Waals surface area contributed by atoms with Gasteiger partial charge in [-0.25, -0.2) is 4.79 Å². The summed E-state index contributed by atoms with van der Waals surface area (Å²) < 4.78 is 0. The van der Waals surface area contributed by atoms with Gasteiger partial charge in [0.15, 0.2) is 0 Å². The smallest absolute Gasteiger partial charge is 0.407 e. The van der Waals surface area contributed by atoms with E-state index in [0.717, 1.165) is 25.7 Å². The molecule has 1 aliphatic carbocycles. The molecule has 0 aromatic heterocycles. The molecule has 2 amide bonds. The fourth-order valence-corrected chi connectivity index (χ4v) is 3.35. The van der Waals surface area contributed by atoms with Gasteiger partial charge in [0.1, 0.15) is 0 Å². The molecule has 1 saturated carbocycles. The van der Waals surface area contributed by atoms with Crippen LogP contribution in [0.3, 0.4) is 0 Å². The molecule has 2 atom stereocenters. The van der Waals surface area contributed by atoms with Gasteiger partial charge in [-0.05, 0) is 25.7 Å². The summed E-state index contributed by atoms with van der Waals surface area (Å²) in [7, 11) is 0. The van der Waals surface area contributed by atoms with Gasteiger partial charge in [0.2, 0.25) is 5.91 Å². The maximum Gasteiger partial charge on any atom is 0.407 e. The van der Waals surface area contributed by atoms with E-state index in [1.54, 1.807) is 4.90 Å². The van der Waals surface area contributed by atoms with Crippen molar-refractivity contribution in [3.63, 3.8) is 0 Å². The average Bonchev–Trinajstić information content (AvgIpc) is 2.46. The molecule has 0 spiro atoms. The lowest BCUT2D eigenvalue weighted by molar-refractivity contribution is -0.138. The van der Waals surface area contributed by atoms with Gasteiger partial charge >= 0.3 is 6.09 Å². The Balaban J connectivity index is 1.93. The van der Waals surface area contributed by atoms with E-state index >= 15 is 0 Å². The van der Waals surface area contributed by atoms with Crippen molar-refractivity contribution in [3.8, 4) is 0 Å². The fourth-order valence-electron chi connectivity index (χ4n) is 3.35. The Bertz CT molecular complexity index is 369. The molecule has 0 aromatic rings. The van der Waals surface area contributed by atoms with Crippen LogP contribution in [-0.2, 0) is 4.79 Å². The summed E-state index contributed by atoms with van der Waals surface area (Å²) in [6.45, 7) is 3.09. The van der Waals surface area contributed by atoms with Gasteiger partial charge in [-0.3, -0.25) is 4.79 Å². The molecular weight excluding hydrogens is 258 g/mol. The van der Waals surface area contributed by atoms with E-state index in [1.807, 2.05) is 6.92 Å². The molecule has 0 bridgehead atoms. The Hall–Kier alpha value is -1.30. The highest BCUT2D eigenvalue weighted by atomic mass is 16.4. The molecule has 0 radical (unpaired) electrons. The Morgan fingerprint density at radius 3 is 2.40 bits per heavy atom. The highest BCUT2D eigenvalue weighted by Gasteiger charge is 2.35. The molecule has 114 valence electrons.